The highest BCUT2D eigenvalue weighted by atomic mass is 31.2. The quantitative estimate of drug-likeness (QED) is 0.458. The topological polar surface area (TPSA) is 26.3 Å². The first-order valence-corrected chi connectivity index (χ1v) is 12.3. The summed E-state index contributed by atoms with van der Waals surface area (Å²) in [5.41, 5.74) is 0. The Hall–Kier alpha value is -2.57. The Balaban J connectivity index is 1.89. The third-order valence-electron chi connectivity index (χ3n) is 5.62. The zero-order valence-electron chi connectivity index (χ0n) is 16.6. The van der Waals surface area contributed by atoms with Gasteiger partial charge in [0.15, 0.2) is 0 Å². The summed E-state index contributed by atoms with van der Waals surface area (Å²) in [6.45, 7) is -2.28. The number of carbonyl (C=O) groups excluding carboxylic acids is 1. The zero-order chi connectivity index (χ0) is 19.9. The van der Waals surface area contributed by atoms with E-state index in [0.29, 0.717) is 0 Å². The van der Waals surface area contributed by atoms with Crippen LogP contribution in [0.15, 0.2) is 91.0 Å². The van der Waals surface area contributed by atoms with Crippen molar-refractivity contribution in [3.05, 3.63) is 91.0 Å². The molecule has 0 N–H and O–H groups in total. The van der Waals surface area contributed by atoms with Crippen molar-refractivity contribution in [1.29, 1.82) is 0 Å². The lowest BCUT2D eigenvalue weighted by Gasteiger charge is -2.29. The smallest absolute Gasteiger partial charge is 0.332 e. The highest BCUT2D eigenvalue weighted by molar-refractivity contribution is 7.95. The van der Waals surface area contributed by atoms with Crippen LogP contribution in [0, 0.1) is 0 Å². The number of carbonyl (C=O) groups is 1. The van der Waals surface area contributed by atoms with Gasteiger partial charge in [0, 0.05) is 5.80 Å². The molecule has 3 heteroatoms. The lowest BCUT2D eigenvalue weighted by atomic mass is 9.98. The van der Waals surface area contributed by atoms with Gasteiger partial charge in [0.1, 0.15) is 6.10 Å². The lowest BCUT2D eigenvalue weighted by Crippen LogP contribution is -2.30. The highest BCUT2D eigenvalue weighted by Gasteiger charge is 2.27. The summed E-state index contributed by atoms with van der Waals surface area (Å²) in [5, 5.41) is 3.49. The third kappa shape index (κ3) is 4.38. The maximum Gasteiger partial charge on any atom is 0.332 e. The summed E-state index contributed by atoms with van der Waals surface area (Å²) in [6.07, 6.45) is 5.55. The number of hydrogen-bond donors (Lipinski definition) is 0. The van der Waals surface area contributed by atoms with Gasteiger partial charge in [-0.05, 0) is 48.5 Å². The molecule has 0 bridgehead atoms. The van der Waals surface area contributed by atoms with Crippen LogP contribution in [0.5, 0.6) is 0 Å². The Morgan fingerprint density at radius 1 is 0.690 bits per heavy atom. The minimum absolute atomic E-state index is 0.0525. The molecule has 0 heterocycles. The first-order chi connectivity index (χ1) is 14.3. The van der Waals surface area contributed by atoms with Crippen molar-refractivity contribution in [1.82, 2.24) is 0 Å². The molecule has 0 amide bonds. The minimum atomic E-state index is -2.28. The molecule has 2 nitrogen and oxygen atoms in total. The number of esters is 1. The van der Waals surface area contributed by atoms with Gasteiger partial charge in [-0.25, -0.2) is 4.79 Å². The number of ether oxygens (including phenoxy) is 1. The molecule has 0 unspecified atom stereocenters. The van der Waals surface area contributed by atoms with Crippen LogP contribution in [0.1, 0.15) is 32.1 Å². The van der Waals surface area contributed by atoms with Crippen LogP contribution in [-0.4, -0.2) is 17.9 Å². The van der Waals surface area contributed by atoms with Gasteiger partial charge in [-0.1, -0.05) is 97.4 Å². The molecule has 1 fully saturated rings. The summed E-state index contributed by atoms with van der Waals surface area (Å²) >= 11 is 0. The summed E-state index contributed by atoms with van der Waals surface area (Å²) in [6, 6.07) is 31.2. The Morgan fingerprint density at radius 2 is 1.10 bits per heavy atom. The Morgan fingerprint density at radius 3 is 1.52 bits per heavy atom. The van der Waals surface area contributed by atoms with Crippen LogP contribution in [-0.2, 0) is 9.53 Å². The van der Waals surface area contributed by atoms with Crippen LogP contribution in [0.2, 0.25) is 0 Å². The maximum absolute atomic E-state index is 13.2. The number of benzene rings is 3. The molecule has 29 heavy (non-hydrogen) atoms. The van der Waals surface area contributed by atoms with Gasteiger partial charge >= 0.3 is 5.97 Å². The molecule has 1 saturated carbocycles. The van der Waals surface area contributed by atoms with Gasteiger partial charge in [-0.3, -0.25) is 0 Å². The van der Waals surface area contributed by atoms with E-state index in [2.05, 4.69) is 72.8 Å². The van der Waals surface area contributed by atoms with E-state index in [4.69, 9.17) is 4.74 Å². The fourth-order valence-electron chi connectivity index (χ4n) is 4.20. The molecule has 4 rings (SSSR count). The van der Waals surface area contributed by atoms with Gasteiger partial charge in [-0.2, -0.15) is 0 Å². The van der Waals surface area contributed by atoms with E-state index in [9.17, 15) is 4.79 Å². The second-order valence-corrected chi connectivity index (χ2v) is 10.8. The zero-order valence-corrected chi connectivity index (χ0v) is 17.5. The summed E-state index contributed by atoms with van der Waals surface area (Å²) in [7, 11) is 0. The minimum Gasteiger partial charge on any atom is -0.459 e. The van der Waals surface area contributed by atoms with Crippen LogP contribution in [0.25, 0.3) is 0 Å². The van der Waals surface area contributed by atoms with Gasteiger partial charge < -0.3 is 4.74 Å². The van der Waals surface area contributed by atoms with E-state index in [1.54, 1.807) is 0 Å². The Kier molecular flexibility index (Phi) is 6.32. The summed E-state index contributed by atoms with van der Waals surface area (Å²) < 4.78 is 5.94. The van der Waals surface area contributed by atoms with Gasteiger partial charge in [-0.15, -0.1) is 0 Å². The van der Waals surface area contributed by atoms with Crippen molar-refractivity contribution in [3.8, 4) is 0 Å². The Bertz CT molecular complexity index is 872. The summed E-state index contributed by atoms with van der Waals surface area (Å²) in [5.74, 6) is 1.70. The van der Waals surface area contributed by atoms with Crippen LogP contribution in [0.4, 0.5) is 0 Å². The number of hydrogen-bond acceptors (Lipinski definition) is 2. The fraction of sp³-hybridized carbons (Fsp3) is 0.231. The standard InChI is InChI=1S/C26H27O2P/c27-26(28-22-13-5-1-6-14-22)21-29(23-15-7-2-8-16-23,24-17-9-3-10-18-24)25-19-11-4-12-20-25/h2-4,7-12,15-22H,1,5-6,13-14H2. The molecule has 0 aliphatic heterocycles. The van der Waals surface area contributed by atoms with Crippen molar-refractivity contribution in [3.63, 3.8) is 0 Å². The molecule has 3 aromatic rings. The average molecular weight is 402 g/mol. The lowest BCUT2D eigenvalue weighted by molar-refractivity contribution is -0.141. The molecule has 1 aliphatic rings. The predicted molar refractivity (Wildman–Crippen MR) is 124 cm³/mol. The van der Waals surface area contributed by atoms with E-state index in [1.807, 2.05) is 24.0 Å². The van der Waals surface area contributed by atoms with Crippen LogP contribution >= 0.6 is 6.89 Å². The van der Waals surface area contributed by atoms with E-state index in [-0.39, 0.29) is 12.1 Å². The van der Waals surface area contributed by atoms with Crippen molar-refractivity contribution < 1.29 is 9.53 Å². The molecule has 1 aliphatic carbocycles. The van der Waals surface area contributed by atoms with E-state index >= 15 is 0 Å². The fourth-order valence-corrected chi connectivity index (χ4v) is 7.84. The largest absolute Gasteiger partial charge is 0.459 e. The molecule has 0 spiro atoms. The second kappa shape index (κ2) is 9.29. The van der Waals surface area contributed by atoms with Crippen molar-refractivity contribution in [2.75, 3.05) is 0 Å². The maximum atomic E-state index is 13.2. The molecule has 148 valence electrons. The first-order valence-electron chi connectivity index (χ1n) is 10.4. The van der Waals surface area contributed by atoms with E-state index in [0.717, 1.165) is 41.6 Å². The molecule has 0 atom stereocenters. The van der Waals surface area contributed by atoms with Crippen molar-refractivity contribution in [2.24, 2.45) is 0 Å². The van der Waals surface area contributed by atoms with Gasteiger partial charge in [0.25, 0.3) is 0 Å². The van der Waals surface area contributed by atoms with Crippen LogP contribution in [0.3, 0.4) is 0 Å². The van der Waals surface area contributed by atoms with E-state index < -0.39 is 6.89 Å². The van der Waals surface area contributed by atoms with Crippen molar-refractivity contribution >= 4 is 34.6 Å². The first kappa shape index (κ1) is 19.7. The third-order valence-corrected chi connectivity index (χ3v) is 9.56. The van der Waals surface area contributed by atoms with Crippen LogP contribution < -0.4 is 15.9 Å². The average Bonchev–Trinajstić information content (AvgIpc) is 2.80. The highest BCUT2D eigenvalue weighted by Crippen LogP contribution is 2.43. The molecule has 0 saturated heterocycles. The second-order valence-electron chi connectivity index (χ2n) is 7.56. The van der Waals surface area contributed by atoms with Gasteiger partial charge in [0.2, 0.25) is 0 Å². The molecule has 0 radical (unpaired) electrons. The molecule has 0 aromatic heterocycles. The SMILES string of the molecule is O=C(C=P(c1ccccc1)(c1ccccc1)c1ccccc1)OC1CCCCC1. The normalized spacial score (nSPS) is 14.9. The monoisotopic (exact) mass is 402 g/mol. The summed E-state index contributed by atoms with van der Waals surface area (Å²) in [4.78, 5) is 13.2. The van der Waals surface area contributed by atoms with E-state index in [1.165, 1.54) is 6.42 Å². The molecule has 3 aromatic carbocycles. The number of rotatable bonds is 5. The van der Waals surface area contributed by atoms with Gasteiger partial charge in [0.05, 0.1) is 0 Å². The van der Waals surface area contributed by atoms with Crippen molar-refractivity contribution in [2.45, 2.75) is 38.2 Å². The molecular weight excluding hydrogens is 375 g/mol. The predicted octanol–water partition coefficient (Wildman–Crippen LogP) is 4.66. The molecular formula is C26H27O2P. The Labute approximate surface area is 173 Å².